The third-order valence-electron chi connectivity index (χ3n) is 4.50. The van der Waals surface area contributed by atoms with E-state index in [1.54, 1.807) is 6.26 Å². The van der Waals surface area contributed by atoms with Crippen LogP contribution in [0, 0.1) is 0 Å². The number of oxazole rings is 1. The molecule has 1 aromatic carbocycles. The topological polar surface area (TPSA) is 72.4 Å². The number of carbonyl (C=O) groups is 1. The Morgan fingerprint density at radius 2 is 2.14 bits per heavy atom. The van der Waals surface area contributed by atoms with Crippen LogP contribution in [-0.2, 0) is 11.3 Å². The molecule has 116 valence electrons. The van der Waals surface area contributed by atoms with Crippen LogP contribution in [0.3, 0.4) is 0 Å². The first-order chi connectivity index (χ1) is 10.6. The first-order valence-corrected chi connectivity index (χ1v) is 7.64. The lowest BCUT2D eigenvalue weighted by Gasteiger charge is -2.42. The molecule has 5 nitrogen and oxygen atoms in total. The van der Waals surface area contributed by atoms with E-state index in [-0.39, 0.29) is 5.91 Å². The van der Waals surface area contributed by atoms with Crippen molar-refractivity contribution < 1.29 is 9.21 Å². The summed E-state index contributed by atoms with van der Waals surface area (Å²) in [5, 5.41) is 0. The highest BCUT2D eigenvalue weighted by molar-refractivity contribution is 5.84. The number of benzene rings is 1. The predicted molar refractivity (Wildman–Crippen MR) is 83.8 cm³/mol. The van der Waals surface area contributed by atoms with Gasteiger partial charge in [0.25, 0.3) is 0 Å². The standard InChI is InChI=1S/C17H21N3O2/c1-17(16(18)21)9-5-6-10-20(17)11-14-12-22-15(19-14)13-7-3-2-4-8-13/h2-4,7-8,12H,5-6,9-11H2,1H3,(H2,18,21). The lowest BCUT2D eigenvalue weighted by atomic mass is 9.87. The number of piperidine rings is 1. The summed E-state index contributed by atoms with van der Waals surface area (Å²) in [6, 6.07) is 9.79. The molecule has 22 heavy (non-hydrogen) atoms. The molecule has 0 radical (unpaired) electrons. The van der Waals surface area contributed by atoms with Gasteiger partial charge in [0, 0.05) is 12.1 Å². The Bertz CT molecular complexity index is 653. The van der Waals surface area contributed by atoms with E-state index in [4.69, 9.17) is 10.2 Å². The third-order valence-corrected chi connectivity index (χ3v) is 4.50. The van der Waals surface area contributed by atoms with Crippen molar-refractivity contribution >= 4 is 5.91 Å². The van der Waals surface area contributed by atoms with Crippen LogP contribution in [0.4, 0.5) is 0 Å². The highest BCUT2D eigenvalue weighted by Gasteiger charge is 2.39. The van der Waals surface area contributed by atoms with Crippen LogP contribution in [0.5, 0.6) is 0 Å². The molecular weight excluding hydrogens is 278 g/mol. The zero-order chi connectivity index (χ0) is 15.6. The second kappa shape index (κ2) is 5.93. The van der Waals surface area contributed by atoms with Crippen molar-refractivity contribution in [2.45, 2.75) is 38.3 Å². The van der Waals surface area contributed by atoms with Crippen molar-refractivity contribution in [2.24, 2.45) is 5.73 Å². The summed E-state index contributed by atoms with van der Waals surface area (Å²) in [6.45, 7) is 3.36. The van der Waals surface area contributed by atoms with Gasteiger partial charge in [0.15, 0.2) is 0 Å². The van der Waals surface area contributed by atoms with E-state index < -0.39 is 5.54 Å². The molecule has 2 heterocycles. The van der Waals surface area contributed by atoms with Crippen LogP contribution in [-0.4, -0.2) is 27.9 Å². The summed E-state index contributed by atoms with van der Waals surface area (Å²) in [5.41, 5.74) is 6.80. The smallest absolute Gasteiger partial charge is 0.237 e. The van der Waals surface area contributed by atoms with E-state index in [0.717, 1.165) is 37.1 Å². The number of hydrogen-bond donors (Lipinski definition) is 1. The van der Waals surface area contributed by atoms with Gasteiger partial charge >= 0.3 is 0 Å². The lowest BCUT2D eigenvalue weighted by molar-refractivity contribution is -0.132. The van der Waals surface area contributed by atoms with Crippen LogP contribution >= 0.6 is 0 Å². The summed E-state index contributed by atoms with van der Waals surface area (Å²) in [7, 11) is 0. The van der Waals surface area contributed by atoms with Gasteiger partial charge in [-0.2, -0.15) is 0 Å². The molecule has 5 heteroatoms. The average molecular weight is 299 g/mol. The van der Waals surface area contributed by atoms with Gasteiger partial charge in [0.2, 0.25) is 11.8 Å². The monoisotopic (exact) mass is 299 g/mol. The zero-order valence-corrected chi connectivity index (χ0v) is 12.8. The Labute approximate surface area is 130 Å². The minimum absolute atomic E-state index is 0.265. The Morgan fingerprint density at radius 3 is 2.86 bits per heavy atom. The summed E-state index contributed by atoms with van der Waals surface area (Å²) in [5.74, 6) is 0.340. The van der Waals surface area contributed by atoms with Gasteiger partial charge in [0.05, 0.1) is 11.2 Å². The van der Waals surface area contributed by atoms with E-state index in [0.29, 0.717) is 12.4 Å². The van der Waals surface area contributed by atoms with Crippen molar-refractivity contribution in [2.75, 3.05) is 6.54 Å². The fourth-order valence-electron chi connectivity index (χ4n) is 3.00. The number of carbonyl (C=O) groups excluding carboxylic acids is 1. The maximum atomic E-state index is 11.8. The van der Waals surface area contributed by atoms with Crippen LogP contribution in [0.25, 0.3) is 11.5 Å². The number of hydrogen-bond acceptors (Lipinski definition) is 4. The molecule has 2 aromatic rings. The largest absolute Gasteiger partial charge is 0.444 e. The highest BCUT2D eigenvalue weighted by atomic mass is 16.3. The van der Waals surface area contributed by atoms with Gasteiger partial charge in [-0.05, 0) is 44.9 Å². The van der Waals surface area contributed by atoms with Crippen LogP contribution < -0.4 is 5.73 Å². The van der Waals surface area contributed by atoms with E-state index >= 15 is 0 Å². The SMILES string of the molecule is CC1(C(N)=O)CCCCN1Cc1coc(-c2ccccc2)n1. The lowest BCUT2D eigenvalue weighted by Crippen LogP contribution is -2.57. The molecule has 1 unspecified atom stereocenters. The number of nitrogens with two attached hydrogens (primary N) is 1. The van der Waals surface area contributed by atoms with E-state index in [2.05, 4.69) is 9.88 Å². The zero-order valence-electron chi connectivity index (χ0n) is 12.8. The average Bonchev–Trinajstić information content (AvgIpc) is 2.99. The van der Waals surface area contributed by atoms with Gasteiger partial charge < -0.3 is 10.2 Å². The first kappa shape index (κ1) is 14.8. The van der Waals surface area contributed by atoms with Gasteiger partial charge in [-0.1, -0.05) is 18.2 Å². The Hall–Kier alpha value is -2.14. The molecule has 1 aromatic heterocycles. The van der Waals surface area contributed by atoms with Crippen LogP contribution in [0.2, 0.25) is 0 Å². The molecule has 1 amide bonds. The number of likely N-dealkylation sites (tertiary alicyclic amines) is 1. The number of amides is 1. The minimum atomic E-state index is -0.593. The Kier molecular flexibility index (Phi) is 3.98. The summed E-state index contributed by atoms with van der Waals surface area (Å²) < 4.78 is 5.57. The van der Waals surface area contributed by atoms with Gasteiger partial charge in [-0.25, -0.2) is 4.98 Å². The van der Waals surface area contributed by atoms with Crippen LogP contribution in [0.1, 0.15) is 31.9 Å². The van der Waals surface area contributed by atoms with Crippen molar-refractivity contribution in [3.63, 3.8) is 0 Å². The molecule has 2 N–H and O–H groups in total. The molecule has 1 fully saturated rings. The summed E-state index contributed by atoms with van der Waals surface area (Å²) in [4.78, 5) is 18.5. The van der Waals surface area contributed by atoms with Crippen molar-refractivity contribution in [3.8, 4) is 11.5 Å². The number of primary amides is 1. The maximum Gasteiger partial charge on any atom is 0.237 e. The summed E-state index contributed by atoms with van der Waals surface area (Å²) in [6.07, 6.45) is 4.57. The first-order valence-electron chi connectivity index (χ1n) is 7.64. The molecule has 1 aliphatic rings. The number of rotatable bonds is 4. The molecule has 0 spiro atoms. The van der Waals surface area contributed by atoms with Crippen molar-refractivity contribution in [3.05, 3.63) is 42.3 Å². The second-order valence-corrected chi connectivity index (χ2v) is 6.03. The molecule has 3 rings (SSSR count). The second-order valence-electron chi connectivity index (χ2n) is 6.03. The van der Waals surface area contributed by atoms with Crippen LogP contribution in [0.15, 0.2) is 41.0 Å². The molecule has 1 aliphatic heterocycles. The van der Waals surface area contributed by atoms with Gasteiger partial charge in [0.1, 0.15) is 6.26 Å². The normalized spacial score (nSPS) is 22.6. The van der Waals surface area contributed by atoms with E-state index in [9.17, 15) is 4.79 Å². The quantitative estimate of drug-likeness (QED) is 0.941. The molecule has 1 atom stereocenters. The molecule has 0 aliphatic carbocycles. The molecule has 0 bridgehead atoms. The molecular formula is C17H21N3O2. The van der Waals surface area contributed by atoms with Crippen molar-refractivity contribution in [1.29, 1.82) is 0 Å². The maximum absolute atomic E-state index is 11.8. The van der Waals surface area contributed by atoms with E-state index in [1.807, 2.05) is 37.3 Å². The number of aromatic nitrogens is 1. The molecule has 0 saturated carbocycles. The predicted octanol–water partition coefficient (Wildman–Crippen LogP) is 2.57. The fraction of sp³-hybridized carbons (Fsp3) is 0.412. The minimum Gasteiger partial charge on any atom is -0.444 e. The van der Waals surface area contributed by atoms with Gasteiger partial charge in [-0.15, -0.1) is 0 Å². The summed E-state index contributed by atoms with van der Waals surface area (Å²) >= 11 is 0. The van der Waals surface area contributed by atoms with Gasteiger partial charge in [-0.3, -0.25) is 9.69 Å². The Balaban J connectivity index is 1.78. The highest BCUT2D eigenvalue weighted by Crippen LogP contribution is 2.29. The van der Waals surface area contributed by atoms with E-state index in [1.165, 1.54) is 0 Å². The van der Waals surface area contributed by atoms with Crippen molar-refractivity contribution in [1.82, 2.24) is 9.88 Å². The fourth-order valence-corrected chi connectivity index (χ4v) is 3.00. The molecule has 1 saturated heterocycles. The number of nitrogens with zero attached hydrogens (tertiary/aromatic N) is 2. The Morgan fingerprint density at radius 1 is 1.36 bits per heavy atom. The third kappa shape index (κ3) is 2.76.